The van der Waals surface area contributed by atoms with Gasteiger partial charge in [-0.15, -0.1) is 0 Å². The van der Waals surface area contributed by atoms with Gasteiger partial charge in [0, 0.05) is 17.3 Å². The van der Waals surface area contributed by atoms with Gasteiger partial charge >= 0.3 is 0 Å². The third kappa shape index (κ3) is 5.87. The molecule has 0 saturated carbocycles. The molecule has 0 aliphatic heterocycles. The number of likely N-dealkylation sites (N-methyl/N-ethyl adjacent to an activating group) is 1. The summed E-state index contributed by atoms with van der Waals surface area (Å²) in [5.41, 5.74) is 2.02. The van der Waals surface area contributed by atoms with Crippen LogP contribution in [0.15, 0.2) is 48.5 Å². The molecule has 0 aliphatic rings. The maximum atomic E-state index is 12.2. The number of ether oxygens (including phenoxy) is 1. The van der Waals surface area contributed by atoms with E-state index in [4.69, 9.17) is 16.3 Å². The van der Waals surface area contributed by atoms with E-state index >= 15 is 0 Å². The molecule has 2 aromatic carbocycles. The van der Waals surface area contributed by atoms with Gasteiger partial charge in [0.05, 0.1) is 6.54 Å². The van der Waals surface area contributed by atoms with Gasteiger partial charge in [-0.3, -0.25) is 9.69 Å². The normalized spacial score (nSPS) is 10.7. The predicted molar refractivity (Wildman–Crippen MR) is 98.9 cm³/mol. The highest BCUT2D eigenvalue weighted by molar-refractivity contribution is 6.30. The lowest BCUT2D eigenvalue weighted by atomic mass is 10.1. The molecule has 5 heteroatoms. The van der Waals surface area contributed by atoms with E-state index in [0.29, 0.717) is 24.7 Å². The van der Waals surface area contributed by atoms with Crippen LogP contribution >= 0.6 is 11.6 Å². The molecule has 0 aliphatic carbocycles. The highest BCUT2D eigenvalue weighted by Gasteiger charge is 2.09. The zero-order chi connectivity index (χ0) is 17.4. The minimum atomic E-state index is -0.0232. The van der Waals surface area contributed by atoms with Crippen LogP contribution in [0.25, 0.3) is 0 Å². The van der Waals surface area contributed by atoms with Gasteiger partial charge in [-0.2, -0.15) is 0 Å². The first-order valence-electron chi connectivity index (χ1n) is 8.03. The summed E-state index contributed by atoms with van der Waals surface area (Å²) in [7, 11) is 1.90. The monoisotopic (exact) mass is 346 g/mol. The molecule has 0 unspecified atom stereocenters. The number of hydrogen-bond donors (Lipinski definition) is 1. The van der Waals surface area contributed by atoms with Crippen molar-refractivity contribution in [1.82, 2.24) is 4.90 Å². The number of hydrogen-bond acceptors (Lipinski definition) is 3. The third-order valence-corrected chi connectivity index (χ3v) is 3.89. The molecule has 0 heterocycles. The maximum absolute atomic E-state index is 12.2. The number of nitrogens with one attached hydrogen (secondary N) is 1. The molecule has 1 N–H and O–H groups in total. The summed E-state index contributed by atoms with van der Waals surface area (Å²) in [5, 5.41) is 3.65. The van der Waals surface area contributed by atoms with Crippen molar-refractivity contribution in [3.05, 3.63) is 59.1 Å². The number of para-hydroxylation sites is 1. The Bertz CT molecular complexity index is 659. The number of aryl methyl sites for hydroxylation is 1. The average molecular weight is 347 g/mol. The van der Waals surface area contributed by atoms with Crippen LogP contribution in [0.3, 0.4) is 0 Å². The molecule has 0 bridgehead atoms. The Balaban J connectivity index is 1.74. The summed E-state index contributed by atoms with van der Waals surface area (Å²) >= 11 is 5.83. The standard InChI is InChI=1S/C19H23ClN2O2/c1-3-15-6-4-5-7-18(15)21-19(23)14-22(2)12-13-24-17-10-8-16(20)9-11-17/h4-11H,3,12-14H2,1-2H3,(H,21,23). The fraction of sp³-hybridized carbons (Fsp3) is 0.316. The first-order chi connectivity index (χ1) is 11.6. The number of benzene rings is 2. The summed E-state index contributed by atoms with van der Waals surface area (Å²) in [4.78, 5) is 14.1. The van der Waals surface area contributed by atoms with Crippen molar-refractivity contribution in [2.24, 2.45) is 0 Å². The lowest BCUT2D eigenvalue weighted by Crippen LogP contribution is -2.33. The summed E-state index contributed by atoms with van der Waals surface area (Å²) in [5.74, 6) is 0.749. The Morgan fingerprint density at radius 3 is 2.58 bits per heavy atom. The van der Waals surface area contributed by atoms with Crippen LogP contribution in [0, 0.1) is 0 Å². The van der Waals surface area contributed by atoms with Gasteiger partial charge in [-0.1, -0.05) is 36.7 Å². The van der Waals surface area contributed by atoms with Crippen LogP contribution in [0.5, 0.6) is 5.75 Å². The van der Waals surface area contributed by atoms with Crippen molar-refractivity contribution >= 4 is 23.2 Å². The largest absolute Gasteiger partial charge is 0.492 e. The maximum Gasteiger partial charge on any atom is 0.238 e. The van der Waals surface area contributed by atoms with Gasteiger partial charge in [0.25, 0.3) is 0 Å². The van der Waals surface area contributed by atoms with Crippen molar-refractivity contribution in [2.45, 2.75) is 13.3 Å². The van der Waals surface area contributed by atoms with E-state index in [-0.39, 0.29) is 5.91 Å². The Labute approximate surface area is 148 Å². The molecule has 0 radical (unpaired) electrons. The van der Waals surface area contributed by atoms with Gasteiger partial charge < -0.3 is 10.1 Å². The topological polar surface area (TPSA) is 41.6 Å². The van der Waals surface area contributed by atoms with Gasteiger partial charge in [0.1, 0.15) is 12.4 Å². The Morgan fingerprint density at radius 1 is 1.17 bits per heavy atom. The van der Waals surface area contributed by atoms with Gasteiger partial charge in [-0.25, -0.2) is 0 Å². The zero-order valence-electron chi connectivity index (χ0n) is 14.1. The molecule has 2 aromatic rings. The zero-order valence-corrected chi connectivity index (χ0v) is 14.8. The smallest absolute Gasteiger partial charge is 0.238 e. The lowest BCUT2D eigenvalue weighted by Gasteiger charge is -2.17. The van der Waals surface area contributed by atoms with Crippen LogP contribution in [-0.4, -0.2) is 37.6 Å². The minimum absolute atomic E-state index is 0.0232. The average Bonchev–Trinajstić information content (AvgIpc) is 2.57. The molecule has 2 rings (SSSR count). The number of halogens is 1. The number of amides is 1. The van der Waals surface area contributed by atoms with Gasteiger partial charge in [0.15, 0.2) is 0 Å². The van der Waals surface area contributed by atoms with E-state index in [1.54, 1.807) is 12.1 Å². The molecule has 0 spiro atoms. The summed E-state index contributed by atoms with van der Waals surface area (Å²) in [6, 6.07) is 15.1. The van der Waals surface area contributed by atoms with Crippen molar-refractivity contribution in [1.29, 1.82) is 0 Å². The summed E-state index contributed by atoms with van der Waals surface area (Å²) < 4.78 is 5.64. The fourth-order valence-electron chi connectivity index (χ4n) is 2.31. The second-order valence-corrected chi connectivity index (χ2v) is 6.04. The Hall–Kier alpha value is -2.04. The minimum Gasteiger partial charge on any atom is -0.492 e. The molecular formula is C19H23ClN2O2. The lowest BCUT2D eigenvalue weighted by molar-refractivity contribution is -0.117. The van der Waals surface area contributed by atoms with E-state index in [2.05, 4.69) is 12.2 Å². The van der Waals surface area contributed by atoms with Crippen LogP contribution in [0.2, 0.25) is 5.02 Å². The molecule has 0 fully saturated rings. The van der Waals surface area contributed by atoms with E-state index in [9.17, 15) is 4.79 Å². The molecule has 24 heavy (non-hydrogen) atoms. The number of carbonyl (C=O) groups excluding carboxylic acids is 1. The highest BCUT2D eigenvalue weighted by Crippen LogP contribution is 2.16. The number of carbonyl (C=O) groups is 1. The number of rotatable bonds is 8. The molecule has 1 amide bonds. The SMILES string of the molecule is CCc1ccccc1NC(=O)CN(C)CCOc1ccc(Cl)cc1. The summed E-state index contributed by atoms with van der Waals surface area (Å²) in [6.07, 6.45) is 0.890. The molecule has 128 valence electrons. The van der Waals surface area contributed by atoms with E-state index in [1.165, 1.54) is 0 Å². The Morgan fingerprint density at radius 2 is 1.88 bits per heavy atom. The fourth-order valence-corrected chi connectivity index (χ4v) is 2.44. The second kappa shape index (κ2) is 9.30. The van der Waals surface area contributed by atoms with E-state index in [1.807, 2.05) is 48.3 Å². The third-order valence-electron chi connectivity index (χ3n) is 3.64. The van der Waals surface area contributed by atoms with Crippen LogP contribution in [0.1, 0.15) is 12.5 Å². The molecule has 0 aromatic heterocycles. The van der Waals surface area contributed by atoms with E-state index < -0.39 is 0 Å². The van der Waals surface area contributed by atoms with Gasteiger partial charge in [0.2, 0.25) is 5.91 Å². The Kier molecular flexibility index (Phi) is 7.09. The molecule has 4 nitrogen and oxygen atoms in total. The number of anilines is 1. The van der Waals surface area contributed by atoms with Crippen LogP contribution in [0.4, 0.5) is 5.69 Å². The first-order valence-corrected chi connectivity index (χ1v) is 8.41. The van der Waals surface area contributed by atoms with Crippen molar-refractivity contribution in [3.63, 3.8) is 0 Å². The van der Waals surface area contributed by atoms with Crippen molar-refractivity contribution in [3.8, 4) is 5.75 Å². The quantitative estimate of drug-likeness (QED) is 0.789. The number of nitrogens with zero attached hydrogens (tertiary/aromatic N) is 1. The predicted octanol–water partition coefficient (Wildman–Crippen LogP) is 3.85. The van der Waals surface area contributed by atoms with E-state index in [0.717, 1.165) is 23.4 Å². The van der Waals surface area contributed by atoms with Gasteiger partial charge in [-0.05, 0) is 49.4 Å². The second-order valence-electron chi connectivity index (χ2n) is 5.60. The van der Waals surface area contributed by atoms with Crippen LogP contribution in [-0.2, 0) is 11.2 Å². The molecular weight excluding hydrogens is 324 g/mol. The molecule has 0 saturated heterocycles. The highest BCUT2D eigenvalue weighted by atomic mass is 35.5. The van der Waals surface area contributed by atoms with Crippen molar-refractivity contribution < 1.29 is 9.53 Å². The van der Waals surface area contributed by atoms with Crippen LogP contribution < -0.4 is 10.1 Å². The molecule has 0 atom stereocenters. The first kappa shape index (κ1) is 18.3. The summed E-state index contributed by atoms with van der Waals surface area (Å²) in [6.45, 7) is 3.57. The van der Waals surface area contributed by atoms with Crippen molar-refractivity contribution in [2.75, 3.05) is 32.1 Å².